The molecule has 0 radical (unpaired) electrons. The van der Waals surface area contributed by atoms with E-state index < -0.39 is 0 Å². The molecule has 1 aromatic heterocycles. The van der Waals surface area contributed by atoms with Crippen molar-refractivity contribution < 1.29 is 9.47 Å². The first-order chi connectivity index (χ1) is 10.3. The van der Waals surface area contributed by atoms with Gasteiger partial charge < -0.3 is 14.8 Å². The number of nitrogens with zero attached hydrogens (tertiary/aromatic N) is 1. The zero-order valence-corrected chi connectivity index (χ0v) is 14.1. The predicted molar refractivity (Wildman–Crippen MR) is 88.9 cm³/mol. The molecule has 0 saturated carbocycles. The van der Waals surface area contributed by atoms with E-state index in [-0.39, 0.29) is 0 Å². The van der Waals surface area contributed by atoms with Gasteiger partial charge in [-0.2, -0.15) is 0 Å². The maximum atomic E-state index is 5.37. The SMILES string of the molecule is COc1cc(CNCCc2cscn2)c(SC)cc1OC. The Hall–Kier alpha value is -1.24. The molecule has 1 N–H and O–H groups in total. The summed E-state index contributed by atoms with van der Waals surface area (Å²) >= 11 is 3.35. The molecule has 0 amide bonds. The lowest BCUT2D eigenvalue weighted by atomic mass is 10.2. The molecule has 1 heterocycles. The van der Waals surface area contributed by atoms with Crippen LogP contribution in [0.3, 0.4) is 0 Å². The van der Waals surface area contributed by atoms with Crippen LogP contribution >= 0.6 is 23.1 Å². The van der Waals surface area contributed by atoms with Crippen LogP contribution in [-0.2, 0) is 13.0 Å². The van der Waals surface area contributed by atoms with Crippen LogP contribution in [0.4, 0.5) is 0 Å². The van der Waals surface area contributed by atoms with Crippen molar-refractivity contribution in [1.82, 2.24) is 10.3 Å². The lowest BCUT2D eigenvalue weighted by molar-refractivity contribution is 0.353. The number of hydrogen-bond donors (Lipinski definition) is 1. The molecule has 0 fully saturated rings. The smallest absolute Gasteiger partial charge is 0.161 e. The Morgan fingerprint density at radius 2 is 2.00 bits per heavy atom. The van der Waals surface area contributed by atoms with Crippen LogP contribution in [0.1, 0.15) is 11.3 Å². The van der Waals surface area contributed by atoms with E-state index in [9.17, 15) is 0 Å². The van der Waals surface area contributed by atoms with Crippen molar-refractivity contribution in [3.8, 4) is 11.5 Å². The number of thioether (sulfide) groups is 1. The van der Waals surface area contributed by atoms with Crippen molar-refractivity contribution in [1.29, 1.82) is 0 Å². The standard InChI is InChI=1S/C15H20N2O2S2/c1-18-13-6-11(15(20-3)7-14(13)19-2)8-16-5-4-12-9-21-10-17-12/h6-7,9-10,16H,4-5,8H2,1-3H3. The molecule has 2 aromatic rings. The number of benzene rings is 1. The zero-order valence-electron chi connectivity index (χ0n) is 12.5. The van der Waals surface area contributed by atoms with Crippen LogP contribution in [-0.4, -0.2) is 32.0 Å². The van der Waals surface area contributed by atoms with Gasteiger partial charge in [0.15, 0.2) is 11.5 Å². The fourth-order valence-electron chi connectivity index (χ4n) is 2.03. The topological polar surface area (TPSA) is 43.4 Å². The van der Waals surface area contributed by atoms with Crippen LogP contribution in [0, 0.1) is 0 Å². The highest BCUT2D eigenvalue weighted by atomic mass is 32.2. The van der Waals surface area contributed by atoms with Gasteiger partial charge in [0.1, 0.15) is 0 Å². The maximum absolute atomic E-state index is 5.37. The highest BCUT2D eigenvalue weighted by Crippen LogP contribution is 2.34. The molecule has 0 unspecified atom stereocenters. The fourth-order valence-corrected chi connectivity index (χ4v) is 3.24. The molecule has 0 aliphatic heterocycles. The van der Waals surface area contributed by atoms with Crippen molar-refractivity contribution in [3.05, 3.63) is 34.3 Å². The third kappa shape index (κ3) is 4.36. The molecule has 0 saturated heterocycles. The molecule has 1 aromatic carbocycles. The minimum absolute atomic E-state index is 0.770. The first kappa shape index (κ1) is 16.1. The van der Waals surface area contributed by atoms with Gasteiger partial charge in [-0.15, -0.1) is 23.1 Å². The summed E-state index contributed by atoms with van der Waals surface area (Å²) in [5.74, 6) is 1.54. The Labute approximate surface area is 133 Å². The molecule has 6 heteroatoms. The van der Waals surface area contributed by atoms with Gasteiger partial charge in [-0.25, -0.2) is 4.98 Å². The number of ether oxygens (including phenoxy) is 2. The van der Waals surface area contributed by atoms with E-state index in [1.54, 1.807) is 37.3 Å². The summed E-state index contributed by atoms with van der Waals surface area (Å²) in [4.78, 5) is 5.49. The molecule has 0 atom stereocenters. The summed E-state index contributed by atoms with van der Waals surface area (Å²) in [6.07, 6.45) is 3.02. The minimum Gasteiger partial charge on any atom is -0.493 e. The number of thiazole rings is 1. The highest BCUT2D eigenvalue weighted by molar-refractivity contribution is 7.98. The first-order valence-electron chi connectivity index (χ1n) is 6.65. The second-order valence-corrected chi connectivity index (χ2v) is 5.99. The largest absolute Gasteiger partial charge is 0.493 e. The van der Waals surface area contributed by atoms with Gasteiger partial charge in [-0.3, -0.25) is 0 Å². The normalized spacial score (nSPS) is 10.6. The van der Waals surface area contributed by atoms with Gasteiger partial charge in [-0.1, -0.05) is 0 Å². The van der Waals surface area contributed by atoms with Gasteiger partial charge in [0.05, 0.1) is 25.4 Å². The van der Waals surface area contributed by atoms with Crippen LogP contribution in [0.5, 0.6) is 11.5 Å². The van der Waals surface area contributed by atoms with Gasteiger partial charge in [0.25, 0.3) is 0 Å². The Morgan fingerprint density at radius 1 is 1.24 bits per heavy atom. The summed E-state index contributed by atoms with van der Waals surface area (Å²) < 4.78 is 10.7. The van der Waals surface area contributed by atoms with Crippen molar-refractivity contribution >= 4 is 23.1 Å². The fraction of sp³-hybridized carbons (Fsp3) is 0.400. The van der Waals surface area contributed by atoms with Crippen LogP contribution in [0.15, 0.2) is 27.9 Å². The third-order valence-electron chi connectivity index (χ3n) is 3.14. The lowest BCUT2D eigenvalue weighted by Gasteiger charge is -2.14. The third-order valence-corrected chi connectivity index (χ3v) is 4.60. The van der Waals surface area contributed by atoms with E-state index >= 15 is 0 Å². The summed E-state index contributed by atoms with van der Waals surface area (Å²) in [6.45, 7) is 1.71. The Bertz CT molecular complexity index is 559. The van der Waals surface area contributed by atoms with Gasteiger partial charge in [0.2, 0.25) is 0 Å². The van der Waals surface area contributed by atoms with Crippen molar-refractivity contribution in [2.75, 3.05) is 27.0 Å². The second-order valence-electron chi connectivity index (χ2n) is 4.43. The van der Waals surface area contributed by atoms with E-state index in [4.69, 9.17) is 9.47 Å². The average Bonchev–Trinajstić information content (AvgIpc) is 3.04. The number of aromatic nitrogens is 1. The summed E-state index contributed by atoms with van der Waals surface area (Å²) in [5.41, 5.74) is 4.23. The number of hydrogen-bond acceptors (Lipinski definition) is 6. The van der Waals surface area contributed by atoms with Crippen LogP contribution < -0.4 is 14.8 Å². The quantitative estimate of drug-likeness (QED) is 0.596. The summed E-state index contributed by atoms with van der Waals surface area (Å²) in [7, 11) is 3.32. The summed E-state index contributed by atoms with van der Waals surface area (Å²) in [6, 6.07) is 4.07. The van der Waals surface area contributed by atoms with Crippen LogP contribution in [0.2, 0.25) is 0 Å². The summed E-state index contributed by atoms with van der Waals surface area (Å²) in [5, 5.41) is 5.55. The maximum Gasteiger partial charge on any atom is 0.161 e. The molecule has 2 rings (SSSR count). The van der Waals surface area contributed by atoms with E-state index in [1.807, 2.05) is 17.6 Å². The Balaban J connectivity index is 1.97. The minimum atomic E-state index is 0.770. The first-order valence-corrected chi connectivity index (χ1v) is 8.82. The monoisotopic (exact) mass is 324 g/mol. The predicted octanol–water partition coefficient (Wildman–Crippen LogP) is 3.21. The molecule has 114 valence electrons. The van der Waals surface area contributed by atoms with E-state index in [1.165, 1.54) is 10.5 Å². The molecular weight excluding hydrogens is 304 g/mol. The molecule has 4 nitrogen and oxygen atoms in total. The molecule has 0 spiro atoms. The Kier molecular flexibility index (Phi) is 6.35. The van der Waals surface area contributed by atoms with Gasteiger partial charge in [0, 0.05) is 29.8 Å². The van der Waals surface area contributed by atoms with E-state index in [0.29, 0.717) is 0 Å². The van der Waals surface area contributed by atoms with E-state index in [0.717, 1.165) is 36.7 Å². The molecular formula is C15H20N2O2S2. The molecule has 0 aliphatic rings. The number of methoxy groups -OCH3 is 2. The molecule has 0 aliphatic carbocycles. The van der Waals surface area contributed by atoms with Gasteiger partial charge >= 0.3 is 0 Å². The van der Waals surface area contributed by atoms with Crippen molar-refractivity contribution in [3.63, 3.8) is 0 Å². The second kappa shape index (κ2) is 8.26. The highest BCUT2D eigenvalue weighted by Gasteiger charge is 2.10. The van der Waals surface area contributed by atoms with Crippen molar-refractivity contribution in [2.24, 2.45) is 0 Å². The number of rotatable bonds is 8. The Morgan fingerprint density at radius 3 is 2.62 bits per heavy atom. The average molecular weight is 324 g/mol. The number of nitrogens with one attached hydrogen (secondary N) is 1. The van der Waals surface area contributed by atoms with E-state index in [2.05, 4.69) is 21.9 Å². The lowest BCUT2D eigenvalue weighted by Crippen LogP contribution is -2.17. The van der Waals surface area contributed by atoms with Gasteiger partial charge in [-0.05, 0) is 24.0 Å². The molecule has 0 bridgehead atoms. The molecule has 21 heavy (non-hydrogen) atoms. The van der Waals surface area contributed by atoms with Crippen molar-refractivity contribution in [2.45, 2.75) is 17.9 Å². The van der Waals surface area contributed by atoms with Crippen LogP contribution in [0.25, 0.3) is 0 Å². The zero-order chi connectivity index (χ0) is 15.1.